The lowest BCUT2D eigenvalue weighted by atomic mass is 10.0. The Labute approximate surface area is 226 Å². The lowest BCUT2D eigenvalue weighted by Gasteiger charge is -2.38. The van der Waals surface area contributed by atoms with Crippen LogP contribution in [0.3, 0.4) is 0 Å². The molecule has 0 spiro atoms. The minimum Gasteiger partial charge on any atom is -0.297 e. The summed E-state index contributed by atoms with van der Waals surface area (Å²) in [7, 11) is 0. The van der Waals surface area contributed by atoms with Crippen molar-refractivity contribution in [2.75, 3.05) is 32.7 Å². The predicted molar refractivity (Wildman–Crippen MR) is 145 cm³/mol. The molecule has 1 saturated heterocycles. The van der Waals surface area contributed by atoms with Crippen LogP contribution in [-0.2, 0) is 6.18 Å². The van der Waals surface area contributed by atoms with Gasteiger partial charge in [0, 0.05) is 32.7 Å². The molecule has 0 bridgehead atoms. The molecule has 4 aromatic rings. The van der Waals surface area contributed by atoms with Gasteiger partial charge in [0.25, 0.3) is 0 Å². The van der Waals surface area contributed by atoms with Crippen molar-refractivity contribution in [2.45, 2.75) is 26.1 Å². The van der Waals surface area contributed by atoms with Crippen LogP contribution in [0.5, 0.6) is 0 Å². The first-order valence-electron chi connectivity index (χ1n) is 13.0. The van der Waals surface area contributed by atoms with Crippen LogP contribution in [-0.4, -0.2) is 62.7 Å². The monoisotopic (exact) mass is 532 g/mol. The summed E-state index contributed by atoms with van der Waals surface area (Å²) < 4.78 is 41.7. The number of benzene rings is 3. The van der Waals surface area contributed by atoms with E-state index in [0.717, 1.165) is 72.8 Å². The fourth-order valence-electron chi connectivity index (χ4n) is 5.15. The highest BCUT2D eigenvalue weighted by molar-refractivity contribution is 5.49. The molecule has 0 saturated carbocycles. The van der Waals surface area contributed by atoms with E-state index in [-0.39, 0.29) is 0 Å². The minimum atomic E-state index is -4.40. The minimum absolute atomic E-state index is 0.400. The molecule has 1 aromatic heterocycles. The highest BCUT2D eigenvalue weighted by Gasteiger charge is 2.34. The van der Waals surface area contributed by atoms with Gasteiger partial charge in [-0.2, -0.15) is 17.9 Å². The van der Waals surface area contributed by atoms with Crippen molar-refractivity contribution in [3.05, 3.63) is 113 Å². The first-order valence-corrected chi connectivity index (χ1v) is 13.0. The average molecular weight is 533 g/mol. The zero-order valence-corrected chi connectivity index (χ0v) is 22.0. The predicted octanol–water partition coefficient (Wildman–Crippen LogP) is 5.72. The molecule has 39 heavy (non-hydrogen) atoms. The smallest absolute Gasteiger partial charge is 0.297 e. The zero-order valence-electron chi connectivity index (χ0n) is 22.0. The van der Waals surface area contributed by atoms with Crippen molar-refractivity contribution in [2.24, 2.45) is 0 Å². The highest BCUT2D eigenvalue weighted by Crippen LogP contribution is 2.34. The molecule has 0 unspecified atom stereocenters. The van der Waals surface area contributed by atoms with E-state index in [1.54, 1.807) is 16.8 Å². The fraction of sp³-hybridized carbons (Fsp3) is 0.300. The van der Waals surface area contributed by atoms with Gasteiger partial charge in [-0.05, 0) is 58.7 Å². The molecular formula is C30H31F3N6. The summed E-state index contributed by atoms with van der Waals surface area (Å²) in [6.07, 6.45) is -0.108. The molecule has 0 aliphatic carbocycles. The molecule has 5 rings (SSSR count). The Morgan fingerprint density at radius 3 is 2.15 bits per heavy atom. The molecule has 3 aromatic carbocycles. The second-order valence-electron chi connectivity index (χ2n) is 9.86. The number of para-hydroxylation sites is 1. The Hall–Kier alpha value is -3.82. The van der Waals surface area contributed by atoms with Crippen molar-refractivity contribution in [3.63, 3.8) is 0 Å². The molecule has 6 nitrogen and oxygen atoms in total. The summed E-state index contributed by atoms with van der Waals surface area (Å²) in [6.45, 7) is 7.93. The largest absolute Gasteiger partial charge is 0.416 e. The molecule has 0 N–H and O–H groups in total. The van der Waals surface area contributed by atoms with E-state index in [1.807, 2.05) is 50.2 Å². The van der Waals surface area contributed by atoms with Gasteiger partial charge in [0.1, 0.15) is 0 Å². The van der Waals surface area contributed by atoms with Gasteiger partial charge in [0.2, 0.25) is 0 Å². The molecule has 1 atom stereocenters. The number of hydrogen-bond donors (Lipinski definition) is 0. The van der Waals surface area contributed by atoms with Crippen molar-refractivity contribution < 1.29 is 13.2 Å². The Morgan fingerprint density at radius 2 is 1.51 bits per heavy atom. The standard InChI is InChI=1S/C30H31F3N6/c1-22-8-6-9-23(2)27(22)39-29(34-35-36-39)28(25-13-15-26(16-14-25)30(31,32)33)38-20-18-37(19-21-38)17-7-12-24-10-4-3-5-11-24/h3-16,28H,17-21H2,1-2H3/t28-/m1/s1. The van der Waals surface area contributed by atoms with Gasteiger partial charge in [-0.15, -0.1) is 5.10 Å². The second-order valence-corrected chi connectivity index (χ2v) is 9.86. The van der Waals surface area contributed by atoms with Crippen LogP contribution >= 0.6 is 0 Å². The van der Waals surface area contributed by atoms with Crippen LogP contribution in [0.25, 0.3) is 11.8 Å². The number of halogens is 3. The lowest BCUT2D eigenvalue weighted by Crippen LogP contribution is -2.48. The van der Waals surface area contributed by atoms with Crippen molar-refractivity contribution in [1.29, 1.82) is 0 Å². The SMILES string of the molecule is Cc1cccc(C)c1-n1nnnc1[C@@H](c1ccc(C(F)(F)F)cc1)N1CCN(CC=Cc2ccccc2)CC1. The maximum absolute atomic E-state index is 13.3. The summed E-state index contributed by atoms with van der Waals surface area (Å²) >= 11 is 0. The number of tetrazole rings is 1. The van der Waals surface area contributed by atoms with Gasteiger partial charge < -0.3 is 0 Å². The van der Waals surface area contributed by atoms with Gasteiger partial charge in [-0.3, -0.25) is 9.80 Å². The zero-order chi connectivity index (χ0) is 27.4. The maximum Gasteiger partial charge on any atom is 0.416 e. The van der Waals surface area contributed by atoms with Gasteiger partial charge >= 0.3 is 6.18 Å². The number of aryl methyl sites for hydroxylation is 2. The second kappa shape index (κ2) is 11.5. The van der Waals surface area contributed by atoms with E-state index in [9.17, 15) is 13.2 Å². The fourth-order valence-corrected chi connectivity index (χ4v) is 5.15. The van der Waals surface area contributed by atoms with Crippen LogP contribution < -0.4 is 0 Å². The number of piperazine rings is 1. The van der Waals surface area contributed by atoms with Crippen molar-refractivity contribution in [3.8, 4) is 5.69 Å². The summed E-state index contributed by atoms with van der Waals surface area (Å²) in [5, 5.41) is 12.7. The topological polar surface area (TPSA) is 50.1 Å². The molecule has 1 fully saturated rings. The van der Waals surface area contributed by atoms with E-state index in [0.29, 0.717) is 5.82 Å². The normalized spacial score (nSPS) is 16.1. The average Bonchev–Trinajstić information content (AvgIpc) is 3.39. The Bertz CT molecular complexity index is 1380. The van der Waals surface area contributed by atoms with Gasteiger partial charge in [-0.1, -0.05) is 72.8 Å². The Morgan fingerprint density at radius 1 is 0.846 bits per heavy atom. The highest BCUT2D eigenvalue weighted by atomic mass is 19.4. The van der Waals surface area contributed by atoms with E-state index in [4.69, 9.17) is 0 Å². The van der Waals surface area contributed by atoms with Crippen LogP contribution in [0, 0.1) is 13.8 Å². The van der Waals surface area contributed by atoms with Crippen LogP contribution in [0.2, 0.25) is 0 Å². The number of hydrogen-bond acceptors (Lipinski definition) is 5. The van der Waals surface area contributed by atoms with E-state index < -0.39 is 17.8 Å². The molecule has 9 heteroatoms. The van der Waals surface area contributed by atoms with E-state index in [1.165, 1.54) is 0 Å². The molecule has 2 heterocycles. The van der Waals surface area contributed by atoms with E-state index >= 15 is 0 Å². The third kappa shape index (κ3) is 6.10. The number of alkyl halides is 3. The quantitative estimate of drug-likeness (QED) is 0.305. The molecule has 1 aliphatic rings. The van der Waals surface area contributed by atoms with Crippen molar-refractivity contribution >= 4 is 6.08 Å². The summed E-state index contributed by atoms with van der Waals surface area (Å²) in [6, 6.07) is 21.1. The molecule has 0 radical (unpaired) electrons. The van der Waals surface area contributed by atoms with Crippen molar-refractivity contribution in [1.82, 2.24) is 30.0 Å². The number of rotatable bonds is 7. The maximum atomic E-state index is 13.3. The third-order valence-electron chi connectivity index (χ3n) is 7.19. The lowest BCUT2D eigenvalue weighted by molar-refractivity contribution is -0.137. The van der Waals surface area contributed by atoms with Crippen LogP contribution in [0.15, 0.2) is 78.9 Å². The van der Waals surface area contributed by atoms with Gasteiger partial charge in [0.05, 0.1) is 17.3 Å². The third-order valence-corrected chi connectivity index (χ3v) is 7.19. The van der Waals surface area contributed by atoms with Crippen LogP contribution in [0.4, 0.5) is 13.2 Å². The Balaban J connectivity index is 1.42. The number of nitrogens with zero attached hydrogens (tertiary/aromatic N) is 6. The summed E-state index contributed by atoms with van der Waals surface area (Å²) in [4.78, 5) is 4.63. The summed E-state index contributed by atoms with van der Waals surface area (Å²) in [5.41, 5.74) is 4.14. The van der Waals surface area contributed by atoms with Gasteiger partial charge in [-0.25, -0.2) is 0 Å². The molecular weight excluding hydrogens is 501 g/mol. The summed E-state index contributed by atoms with van der Waals surface area (Å²) in [5.74, 6) is 0.588. The van der Waals surface area contributed by atoms with Crippen LogP contribution in [0.1, 0.15) is 39.7 Å². The molecule has 1 aliphatic heterocycles. The first kappa shape index (κ1) is 26.8. The Kier molecular flexibility index (Phi) is 7.90. The van der Waals surface area contributed by atoms with Gasteiger partial charge in [0.15, 0.2) is 5.82 Å². The van der Waals surface area contributed by atoms with E-state index in [2.05, 4.69) is 49.6 Å². The molecule has 0 amide bonds. The first-order chi connectivity index (χ1) is 18.8. The number of aromatic nitrogens is 4. The molecule has 202 valence electrons.